The summed E-state index contributed by atoms with van der Waals surface area (Å²) in [6.07, 6.45) is 101. The van der Waals surface area contributed by atoms with Crippen molar-refractivity contribution in [1.82, 2.24) is 0 Å². The molecule has 0 aliphatic carbocycles. The molecule has 6 heteroatoms. The van der Waals surface area contributed by atoms with Crippen LogP contribution in [0, 0.1) is 0 Å². The van der Waals surface area contributed by atoms with E-state index in [0.29, 0.717) is 19.3 Å². The Bertz CT molecular complexity index is 1840. The minimum atomic E-state index is -0.818. The van der Waals surface area contributed by atoms with Crippen molar-refractivity contribution in [2.45, 2.75) is 297 Å². The van der Waals surface area contributed by atoms with Gasteiger partial charge in [-0.15, -0.1) is 0 Å². The van der Waals surface area contributed by atoms with Gasteiger partial charge in [0.25, 0.3) is 0 Å². The van der Waals surface area contributed by atoms with Gasteiger partial charge in [0.2, 0.25) is 0 Å². The largest absolute Gasteiger partial charge is 0.462 e. The molecule has 6 nitrogen and oxygen atoms in total. The van der Waals surface area contributed by atoms with Gasteiger partial charge in [-0.25, -0.2) is 0 Å². The molecule has 0 N–H and O–H groups in total. The van der Waals surface area contributed by atoms with Crippen molar-refractivity contribution in [2.75, 3.05) is 13.2 Å². The Morgan fingerprint density at radius 3 is 0.783 bits per heavy atom. The van der Waals surface area contributed by atoms with Gasteiger partial charge in [-0.2, -0.15) is 0 Å². The van der Waals surface area contributed by atoms with E-state index in [0.717, 1.165) is 128 Å². The lowest BCUT2D eigenvalue weighted by atomic mass is 10.1. The van der Waals surface area contributed by atoms with Gasteiger partial charge in [0.15, 0.2) is 6.10 Å². The summed E-state index contributed by atoms with van der Waals surface area (Å²) in [5.74, 6) is -0.980. The number of rotatable bonds is 60. The van der Waals surface area contributed by atoms with Crippen LogP contribution in [0.5, 0.6) is 0 Å². The Kier molecular flexibility index (Phi) is 65.4. The lowest BCUT2D eigenvalue weighted by Gasteiger charge is -2.18. The van der Waals surface area contributed by atoms with Gasteiger partial charge in [0.05, 0.1) is 0 Å². The second kappa shape index (κ2) is 69.5. The van der Waals surface area contributed by atoms with Crippen LogP contribution in [0.2, 0.25) is 0 Å². The average molecular weight is 1150 g/mol. The molecule has 0 aliphatic rings. The molecule has 1 atom stereocenters. The van der Waals surface area contributed by atoms with Crippen molar-refractivity contribution in [2.24, 2.45) is 0 Å². The molecule has 0 spiro atoms. The second-order valence-corrected chi connectivity index (χ2v) is 22.0. The predicted molar refractivity (Wildman–Crippen MR) is 362 cm³/mol. The minimum absolute atomic E-state index is 0.108. The predicted octanol–water partition coefficient (Wildman–Crippen LogP) is 23.7. The fraction of sp³-hybridized carbons (Fsp3) is 0.623. The van der Waals surface area contributed by atoms with Crippen LogP contribution in [-0.2, 0) is 28.6 Å². The van der Waals surface area contributed by atoms with Gasteiger partial charge in [-0.3, -0.25) is 14.4 Å². The van der Waals surface area contributed by atoms with Crippen LogP contribution in [0.25, 0.3) is 0 Å². The smallest absolute Gasteiger partial charge is 0.306 e. The zero-order chi connectivity index (χ0) is 59.9. The molecule has 0 aromatic heterocycles. The van der Waals surface area contributed by atoms with Gasteiger partial charge in [0, 0.05) is 19.3 Å². The number of allylic oxidation sites excluding steroid dienone is 26. The third-order valence-electron chi connectivity index (χ3n) is 14.0. The number of carbonyl (C=O) groups is 3. The molecule has 0 saturated carbocycles. The SMILES string of the molecule is CC/C=C\C/C=C\C/C=C\C/C=C\C/C=C\C/C=C\C/C=C\CCCC(=O)OCC(COC(=O)CCCCCCCCCCC/C=C\C/C=C\CCCCCCC)OC(=O)CCCCCCCCCC/C=C\C/C=C\C/C=C\C/C=C\CC. The number of ether oxygens (including phenoxy) is 3. The first kappa shape index (κ1) is 78.0. The molecule has 0 amide bonds. The van der Waals surface area contributed by atoms with Gasteiger partial charge in [0.1, 0.15) is 13.2 Å². The zero-order valence-corrected chi connectivity index (χ0v) is 53.7. The molecule has 1 unspecified atom stereocenters. The van der Waals surface area contributed by atoms with Gasteiger partial charge < -0.3 is 14.2 Å². The zero-order valence-electron chi connectivity index (χ0n) is 53.7. The van der Waals surface area contributed by atoms with E-state index < -0.39 is 6.10 Å². The molecule has 0 aromatic rings. The lowest BCUT2D eigenvalue weighted by Crippen LogP contribution is -2.30. The summed E-state index contributed by atoms with van der Waals surface area (Å²) >= 11 is 0. The van der Waals surface area contributed by atoms with Crippen molar-refractivity contribution in [1.29, 1.82) is 0 Å². The maximum absolute atomic E-state index is 13.0. The molecular formula is C77H124O6. The third kappa shape index (κ3) is 67.7. The first-order chi connectivity index (χ1) is 41.0. The number of unbranched alkanes of at least 4 members (excludes halogenated alkanes) is 23. The fourth-order valence-electron chi connectivity index (χ4n) is 8.98. The summed E-state index contributed by atoms with van der Waals surface area (Å²) in [6, 6.07) is 0. The highest BCUT2D eigenvalue weighted by Gasteiger charge is 2.19. The standard InChI is InChI=1S/C77H124O6/c1-4-7-10-13-16-19-22-25-28-31-34-37-38-41-43-46-49-52-55-58-61-64-67-70-76(79)82-73-74(83-77(80)71-68-65-62-59-56-53-50-47-44-40-36-33-30-27-24-21-18-15-12-9-6-3)72-81-75(78)69-66-63-60-57-54-51-48-45-42-39-35-32-29-26-23-20-17-14-11-8-5-2/h7,9-10,12,16,18-19,21,23,25-28,30,32,34-37,40-41,43,49,52,58,61,74H,4-6,8,11,13-15,17,20,22,24,29,31,33,38-39,42,44-48,50-51,53-57,59-60,62-73H2,1-3H3/b10-7-,12-9-,19-16-,21-18-,26-23-,28-25-,30-27-,35-32-,37-34-,40-36-,43-41-,52-49-,61-58-. The van der Waals surface area contributed by atoms with E-state index in [1.807, 2.05) is 0 Å². The van der Waals surface area contributed by atoms with E-state index in [9.17, 15) is 14.4 Å². The Balaban J connectivity index is 4.53. The summed E-state index contributed by atoms with van der Waals surface area (Å²) in [6.45, 7) is 6.36. The Morgan fingerprint density at radius 2 is 0.482 bits per heavy atom. The molecule has 0 radical (unpaired) electrons. The van der Waals surface area contributed by atoms with Crippen LogP contribution < -0.4 is 0 Å². The molecular weight excluding hydrogens is 1020 g/mol. The summed E-state index contributed by atoms with van der Waals surface area (Å²) < 4.78 is 16.9. The van der Waals surface area contributed by atoms with E-state index >= 15 is 0 Å². The van der Waals surface area contributed by atoms with Crippen LogP contribution in [0.1, 0.15) is 290 Å². The number of hydrogen-bond acceptors (Lipinski definition) is 6. The third-order valence-corrected chi connectivity index (χ3v) is 14.0. The van der Waals surface area contributed by atoms with Crippen molar-refractivity contribution in [3.8, 4) is 0 Å². The molecule has 468 valence electrons. The highest BCUT2D eigenvalue weighted by atomic mass is 16.6. The maximum atomic E-state index is 13.0. The molecule has 83 heavy (non-hydrogen) atoms. The van der Waals surface area contributed by atoms with Gasteiger partial charge in [-0.1, -0.05) is 288 Å². The quantitative estimate of drug-likeness (QED) is 0.0261. The molecule has 0 rings (SSSR count). The Morgan fingerprint density at radius 1 is 0.253 bits per heavy atom. The number of esters is 3. The minimum Gasteiger partial charge on any atom is -0.462 e. The lowest BCUT2D eigenvalue weighted by molar-refractivity contribution is -0.167. The second-order valence-electron chi connectivity index (χ2n) is 22.0. The van der Waals surface area contributed by atoms with Gasteiger partial charge in [-0.05, 0) is 141 Å². The van der Waals surface area contributed by atoms with Gasteiger partial charge >= 0.3 is 17.9 Å². The van der Waals surface area contributed by atoms with Crippen molar-refractivity contribution in [3.05, 3.63) is 158 Å². The van der Waals surface area contributed by atoms with Crippen molar-refractivity contribution in [3.63, 3.8) is 0 Å². The molecule has 0 bridgehead atoms. The summed E-state index contributed by atoms with van der Waals surface area (Å²) in [7, 11) is 0. The average Bonchev–Trinajstić information content (AvgIpc) is 3.49. The molecule has 0 fully saturated rings. The summed E-state index contributed by atoms with van der Waals surface area (Å²) in [5.41, 5.74) is 0. The van der Waals surface area contributed by atoms with Crippen LogP contribution in [0.3, 0.4) is 0 Å². The number of hydrogen-bond donors (Lipinski definition) is 0. The fourth-order valence-corrected chi connectivity index (χ4v) is 8.98. The first-order valence-corrected chi connectivity index (χ1v) is 34.0. The van der Waals surface area contributed by atoms with Crippen molar-refractivity contribution < 1.29 is 28.6 Å². The number of carbonyl (C=O) groups excluding carboxylic acids is 3. The molecule has 0 heterocycles. The highest BCUT2D eigenvalue weighted by Crippen LogP contribution is 2.15. The van der Waals surface area contributed by atoms with E-state index in [2.05, 4.69) is 179 Å². The van der Waals surface area contributed by atoms with Crippen LogP contribution in [0.4, 0.5) is 0 Å². The Labute approximate surface area is 511 Å². The van der Waals surface area contributed by atoms with E-state index in [-0.39, 0.29) is 37.5 Å². The van der Waals surface area contributed by atoms with E-state index in [1.54, 1.807) is 0 Å². The summed E-state index contributed by atoms with van der Waals surface area (Å²) in [5, 5.41) is 0. The summed E-state index contributed by atoms with van der Waals surface area (Å²) in [4.78, 5) is 38.5. The topological polar surface area (TPSA) is 78.9 Å². The first-order valence-electron chi connectivity index (χ1n) is 34.0. The highest BCUT2D eigenvalue weighted by molar-refractivity contribution is 5.71. The molecule has 0 aromatic carbocycles. The van der Waals surface area contributed by atoms with Crippen molar-refractivity contribution >= 4 is 17.9 Å². The molecule has 0 saturated heterocycles. The van der Waals surface area contributed by atoms with Crippen LogP contribution >= 0.6 is 0 Å². The van der Waals surface area contributed by atoms with E-state index in [4.69, 9.17) is 14.2 Å². The van der Waals surface area contributed by atoms with Crippen LogP contribution in [0.15, 0.2) is 158 Å². The monoisotopic (exact) mass is 1140 g/mol. The van der Waals surface area contributed by atoms with Crippen LogP contribution in [-0.4, -0.2) is 37.2 Å². The molecule has 0 aliphatic heterocycles. The normalized spacial score (nSPS) is 13.1. The Hall–Kier alpha value is -4.97. The maximum Gasteiger partial charge on any atom is 0.306 e. The van der Waals surface area contributed by atoms with E-state index in [1.165, 1.54) is 116 Å².